The number of nitrogens with one attached hydrogen (secondary N) is 1. The van der Waals surface area contributed by atoms with Crippen LogP contribution in [0.4, 0.5) is 5.69 Å². The van der Waals surface area contributed by atoms with Crippen LogP contribution < -0.4 is 5.32 Å². The molecule has 0 saturated carbocycles. The highest BCUT2D eigenvalue weighted by Gasteiger charge is 2.32. The first kappa shape index (κ1) is 23.2. The first-order valence-electron chi connectivity index (χ1n) is 9.56. The van der Waals surface area contributed by atoms with E-state index in [4.69, 9.17) is 16.3 Å². The van der Waals surface area contributed by atoms with Crippen LogP contribution in [0.15, 0.2) is 47.4 Å². The minimum absolute atomic E-state index is 0.0936. The quantitative estimate of drug-likeness (QED) is 0.679. The maximum Gasteiger partial charge on any atom is 0.337 e. The van der Waals surface area contributed by atoms with Gasteiger partial charge in [0.15, 0.2) is 0 Å². The molecule has 0 spiro atoms. The summed E-state index contributed by atoms with van der Waals surface area (Å²) in [6.45, 7) is 4.19. The number of sulfonamides is 1. The minimum atomic E-state index is -3.70. The van der Waals surface area contributed by atoms with Gasteiger partial charge in [0, 0.05) is 18.7 Å². The monoisotopic (exact) mass is 466 g/mol. The molecule has 1 aliphatic heterocycles. The molecular weight excluding hydrogens is 444 g/mol. The van der Waals surface area contributed by atoms with Crippen molar-refractivity contribution < 1.29 is 27.5 Å². The van der Waals surface area contributed by atoms with Crippen molar-refractivity contribution in [2.75, 3.05) is 25.5 Å². The Hall–Kier alpha value is -2.46. The van der Waals surface area contributed by atoms with Gasteiger partial charge in [-0.15, -0.1) is 0 Å². The van der Waals surface area contributed by atoms with Gasteiger partial charge >= 0.3 is 5.97 Å². The van der Waals surface area contributed by atoms with Crippen LogP contribution in [0.1, 0.15) is 34.6 Å². The molecule has 2 atom stereocenters. The molecule has 1 saturated heterocycles. The Bertz CT molecular complexity index is 1080. The standard InChI is InChI=1S/C21H23ClN2O6S/c1-13-11-24(12-14(2)30-13)31(27,28)17-7-4-15(5-8-17)20(25)23-19-10-16(21(26)29-3)6-9-18(19)22/h4-10,13-14H,11-12H2,1-3H3,(H,23,25). The van der Waals surface area contributed by atoms with Gasteiger partial charge in [0.2, 0.25) is 10.0 Å². The fourth-order valence-electron chi connectivity index (χ4n) is 3.31. The Kier molecular flexibility index (Phi) is 7.00. The number of carbonyl (C=O) groups excluding carboxylic acids is 2. The van der Waals surface area contributed by atoms with E-state index in [-0.39, 0.29) is 52.0 Å². The van der Waals surface area contributed by atoms with Crippen molar-refractivity contribution in [1.29, 1.82) is 0 Å². The van der Waals surface area contributed by atoms with Gasteiger partial charge < -0.3 is 14.8 Å². The topological polar surface area (TPSA) is 102 Å². The van der Waals surface area contributed by atoms with Crippen molar-refractivity contribution in [3.8, 4) is 0 Å². The molecule has 166 valence electrons. The summed E-state index contributed by atoms with van der Waals surface area (Å²) in [7, 11) is -2.45. The number of anilines is 1. The smallest absolute Gasteiger partial charge is 0.337 e. The molecule has 2 aromatic rings. The number of nitrogens with zero attached hydrogens (tertiary/aromatic N) is 1. The van der Waals surface area contributed by atoms with E-state index in [2.05, 4.69) is 10.1 Å². The second-order valence-corrected chi connectivity index (χ2v) is 9.59. The van der Waals surface area contributed by atoms with Gasteiger partial charge in [-0.1, -0.05) is 11.6 Å². The largest absolute Gasteiger partial charge is 0.465 e. The minimum Gasteiger partial charge on any atom is -0.465 e. The fraction of sp³-hybridized carbons (Fsp3) is 0.333. The molecule has 0 radical (unpaired) electrons. The van der Waals surface area contributed by atoms with Crippen LogP contribution in [0.25, 0.3) is 0 Å². The second kappa shape index (κ2) is 9.35. The number of carbonyl (C=O) groups is 2. The van der Waals surface area contributed by atoms with E-state index in [0.29, 0.717) is 0 Å². The lowest BCUT2D eigenvalue weighted by atomic mass is 10.1. The summed E-state index contributed by atoms with van der Waals surface area (Å²) >= 11 is 6.11. The zero-order valence-electron chi connectivity index (χ0n) is 17.3. The summed E-state index contributed by atoms with van der Waals surface area (Å²) < 4.78 is 37.5. The van der Waals surface area contributed by atoms with E-state index >= 15 is 0 Å². The Morgan fingerprint density at radius 1 is 1.06 bits per heavy atom. The maximum atomic E-state index is 12.9. The highest BCUT2D eigenvalue weighted by atomic mass is 35.5. The lowest BCUT2D eigenvalue weighted by Gasteiger charge is -2.34. The average molecular weight is 467 g/mol. The third-order valence-corrected chi connectivity index (χ3v) is 6.95. The molecule has 1 N–H and O–H groups in total. The van der Waals surface area contributed by atoms with Gasteiger partial charge in [-0.3, -0.25) is 4.79 Å². The van der Waals surface area contributed by atoms with Crippen LogP contribution in [0.5, 0.6) is 0 Å². The fourth-order valence-corrected chi connectivity index (χ4v) is 5.07. The van der Waals surface area contributed by atoms with E-state index in [1.807, 2.05) is 13.8 Å². The number of esters is 1. The summed E-state index contributed by atoms with van der Waals surface area (Å²) in [4.78, 5) is 24.4. The molecule has 10 heteroatoms. The van der Waals surface area contributed by atoms with Crippen molar-refractivity contribution >= 4 is 39.2 Å². The molecule has 3 rings (SSSR count). The molecule has 0 aromatic heterocycles. The van der Waals surface area contributed by atoms with Crippen LogP contribution in [0.3, 0.4) is 0 Å². The molecule has 0 bridgehead atoms. The van der Waals surface area contributed by atoms with Crippen LogP contribution in [-0.4, -0.2) is 57.0 Å². The number of hydrogen-bond acceptors (Lipinski definition) is 6. The van der Waals surface area contributed by atoms with Crippen LogP contribution in [-0.2, 0) is 19.5 Å². The van der Waals surface area contributed by atoms with E-state index in [0.717, 1.165) is 0 Å². The normalized spacial score (nSPS) is 19.6. The Labute approximate surface area is 186 Å². The average Bonchev–Trinajstić information content (AvgIpc) is 2.74. The number of ether oxygens (including phenoxy) is 2. The molecule has 0 aliphatic carbocycles. The van der Waals surface area contributed by atoms with Crippen molar-refractivity contribution in [2.24, 2.45) is 0 Å². The first-order chi connectivity index (χ1) is 14.6. The van der Waals surface area contributed by atoms with Crippen molar-refractivity contribution in [1.82, 2.24) is 4.31 Å². The molecule has 1 aliphatic rings. The van der Waals surface area contributed by atoms with E-state index < -0.39 is 21.9 Å². The number of benzene rings is 2. The molecule has 1 amide bonds. The molecule has 1 heterocycles. The molecule has 2 aromatic carbocycles. The molecule has 31 heavy (non-hydrogen) atoms. The predicted molar refractivity (Wildman–Crippen MR) is 116 cm³/mol. The van der Waals surface area contributed by atoms with Crippen LogP contribution in [0.2, 0.25) is 5.02 Å². The molecule has 1 fully saturated rings. The summed E-state index contributed by atoms with van der Waals surface area (Å²) in [5, 5.41) is 2.87. The third-order valence-electron chi connectivity index (χ3n) is 4.78. The lowest BCUT2D eigenvalue weighted by molar-refractivity contribution is -0.0440. The summed E-state index contributed by atoms with van der Waals surface area (Å²) in [5.74, 6) is -1.06. The SMILES string of the molecule is COC(=O)c1ccc(Cl)c(NC(=O)c2ccc(S(=O)(=O)N3CC(C)OC(C)C3)cc2)c1. The number of halogens is 1. The van der Waals surface area contributed by atoms with Gasteiger partial charge in [0.25, 0.3) is 5.91 Å². The van der Waals surface area contributed by atoms with E-state index in [1.165, 1.54) is 53.9 Å². The second-order valence-electron chi connectivity index (χ2n) is 7.24. The van der Waals surface area contributed by atoms with Gasteiger partial charge in [-0.05, 0) is 56.3 Å². The third kappa shape index (κ3) is 5.24. The van der Waals surface area contributed by atoms with Crippen molar-refractivity contribution in [3.63, 3.8) is 0 Å². The Balaban J connectivity index is 1.77. The van der Waals surface area contributed by atoms with Gasteiger partial charge in [0.1, 0.15) is 0 Å². The molecule has 2 unspecified atom stereocenters. The van der Waals surface area contributed by atoms with Gasteiger partial charge in [0.05, 0.1) is 40.5 Å². The highest BCUT2D eigenvalue weighted by molar-refractivity contribution is 7.89. The Morgan fingerprint density at radius 3 is 2.23 bits per heavy atom. The number of methoxy groups -OCH3 is 1. The van der Waals surface area contributed by atoms with E-state index in [1.54, 1.807) is 0 Å². The Morgan fingerprint density at radius 2 is 1.65 bits per heavy atom. The molecule has 8 nitrogen and oxygen atoms in total. The summed E-state index contributed by atoms with van der Waals surface area (Å²) in [6.07, 6.45) is -0.400. The number of amides is 1. The molecular formula is C21H23ClN2O6S. The first-order valence-corrected chi connectivity index (χ1v) is 11.4. The van der Waals surface area contributed by atoms with Gasteiger partial charge in [-0.25, -0.2) is 13.2 Å². The highest BCUT2D eigenvalue weighted by Crippen LogP contribution is 2.25. The predicted octanol–water partition coefficient (Wildman–Crippen LogP) is 3.18. The number of morpholine rings is 1. The summed E-state index contributed by atoms with van der Waals surface area (Å²) in [5.41, 5.74) is 0.711. The van der Waals surface area contributed by atoms with Crippen molar-refractivity contribution in [2.45, 2.75) is 31.0 Å². The zero-order valence-corrected chi connectivity index (χ0v) is 18.9. The summed E-state index contributed by atoms with van der Waals surface area (Å²) in [6, 6.07) is 10.00. The zero-order chi connectivity index (χ0) is 22.8. The van der Waals surface area contributed by atoms with Gasteiger partial charge in [-0.2, -0.15) is 4.31 Å². The number of rotatable bonds is 5. The lowest BCUT2D eigenvalue weighted by Crippen LogP contribution is -2.48. The van der Waals surface area contributed by atoms with Crippen LogP contribution in [0, 0.1) is 0 Å². The van der Waals surface area contributed by atoms with Crippen molar-refractivity contribution in [3.05, 3.63) is 58.6 Å². The van der Waals surface area contributed by atoms with E-state index in [9.17, 15) is 18.0 Å². The van der Waals surface area contributed by atoms with Crippen LogP contribution >= 0.6 is 11.6 Å². The maximum absolute atomic E-state index is 12.9. The number of hydrogen-bond donors (Lipinski definition) is 1.